The van der Waals surface area contributed by atoms with Gasteiger partial charge in [0.05, 0.1) is 22.7 Å². The molecule has 0 aliphatic heterocycles. The number of halogens is 2. The van der Waals surface area contributed by atoms with Crippen molar-refractivity contribution in [1.82, 2.24) is 9.88 Å². The second-order valence-corrected chi connectivity index (χ2v) is 7.99. The van der Waals surface area contributed by atoms with Crippen LogP contribution in [0.2, 0.25) is 5.02 Å². The fourth-order valence-electron chi connectivity index (χ4n) is 3.73. The Labute approximate surface area is 189 Å². The van der Waals surface area contributed by atoms with Crippen LogP contribution in [0.25, 0.3) is 10.9 Å². The minimum atomic E-state index is -1.21. The Morgan fingerprint density at radius 3 is 2.53 bits per heavy atom. The molecule has 5 nitrogen and oxygen atoms in total. The molecule has 2 N–H and O–H groups in total. The number of para-hydroxylation sites is 1. The van der Waals surface area contributed by atoms with Crippen LogP contribution in [0, 0.1) is 5.82 Å². The summed E-state index contributed by atoms with van der Waals surface area (Å²) < 4.78 is 16.4. The average molecular weight is 451 g/mol. The normalized spacial score (nSPS) is 12.0. The predicted molar refractivity (Wildman–Crippen MR) is 122 cm³/mol. The van der Waals surface area contributed by atoms with Gasteiger partial charge in [-0.1, -0.05) is 41.9 Å². The monoisotopic (exact) mass is 450 g/mol. The van der Waals surface area contributed by atoms with Gasteiger partial charge in [0, 0.05) is 28.7 Å². The van der Waals surface area contributed by atoms with Crippen LogP contribution in [0.4, 0.5) is 4.39 Å². The molecule has 0 radical (unpaired) electrons. The molecule has 3 aromatic carbocycles. The Morgan fingerprint density at radius 1 is 1.09 bits per heavy atom. The van der Waals surface area contributed by atoms with Crippen molar-refractivity contribution in [3.63, 3.8) is 0 Å². The maximum Gasteiger partial charge on any atom is 0.335 e. The number of carbonyl (C=O) groups excluding carboxylic acids is 1. The summed E-state index contributed by atoms with van der Waals surface area (Å²) in [5, 5.41) is 13.4. The highest BCUT2D eigenvalue weighted by atomic mass is 35.5. The van der Waals surface area contributed by atoms with Crippen molar-refractivity contribution < 1.29 is 19.1 Å². The second-order valence-electron chi connectivity index (χ2n) is 7.55. The van der Waals surface area contributed by atoms with Crippen LogP contribution >= 0.6 is 11.6 Å². The largest absolute Gasteiger partial charge is 0.478 e. The molecule has 0 spiro atoms. The van der Waals surface area contributed by atoms with Crippen LogP contribution in [0.5, 0.6) is 0 Å². The molecule has 0 bridgehead atoms. The number of rotatable bonds is 6. The van der Waals surface area contributed by atoms with Crippen LogP contribution in [0.15, 0.2) is 72.9 Å². The first-order valence-corrected chi connectivity index (χ1v) is 10.4. The maximum atomic E-state index is 14.4. The number of amides is 1. The summed E-state index contributed by atoms with van der Waals surface area (Å²) >= 11 is 5.97. The van der Waals surface area contributed by atoms with Gasteiger partial charge in [0.15, 0.2) is 0 Å². The lowest BCUT2D eigenvalue weighted by Crippen LogP contribution is -2.28. The van der Waals surface area contributed by atoms with Gasteiger partial charge >= 0.3 is 5.97 Å². The summed E-state index contributed by atoms with van der Waals surface area (Å²) in [5.41, 5.74) is 2.35. The minimum absolute atomic E-state index is 0.144. The second kappa shape index (κ2) is 8.85. The Kier molecular flexibility index (Phi) is 5.97. The quantitative estimate of drug-likeness (QED) is 0.397. The van der Waals surface area contributed by atoms with E-state index in [0.717, 1.165) is 22.5 Å². The minimum Gasteiger partial charge on any atom is -0.478 e. The molecule has 0 saturated heterocycles. The molecule has 7 heteroatoms. The number of carboxylic acids is 1. The highest BCUT2D eigenvalue weighted by Crippen LogP contribution is 2.24. The lowest BCUT2D eigenvalue weighted by molar-refractivity contribution is 0.0695. The predicted octanol–water partition coefficient (Wildman–Crippen LogP) is 5.67. The molecule has 32 heavy (non-hydrogen) atoms. The van der Waals surface area contributed by atoms with Crippen molar-refractivity contribution in [3.05, 3.63) is 106 Å². The van der Waals surface area contributed by atoms with E-state index < -0.39 is 17.8 Å². The SMILES string of the molecule is C[C@H](NC(=O)c1cccc2ccn(Cc3ccc(Cl)cc3)c12)c1ccc(C(=O)O)cc1F. The molecule has 1 heterocycles. The van der Waals surface area contributed by atoms with Crippen molar-refractivity contribution >= 4 is 34.4 Å². The number of carboxylic acid groups (broad SMARTS) is 1. The van der Waals surface area contributed by atoms with E-state index in [1.165, 1.54) is 12.1 Å². The number of hydrogen-bond acceptors (Lipinski definition) is 2. The number of benzene rings is 3. The van der Waals surface area contributed by atoms with E-state index in [-0.39, 0.29) is 17.0 Å². The molecule has 0 aliphatic rings. The molecule has 4 rings (SSSR count). The zero-order valence-electron chi connectivity index (χ0n) is 17.2. The van der Waals surface area contributed by atoms with Crippen LogP contribution in [0.1, 0.15) is 44.8 Å². The summed E-state index contributed by atoms with van der Waals surface area (Å²) in [7, 11) is 0. The van der Waals surface area contributed by atoms with Gasteiger partial charge in [-0.2, -0.15) is 0 Å². The van der Waals surface area contributed by atoms with E-state index in [2.05, 4.69) is 5.32 Å². The van der Waals surface area contributed by atoms with E-state index in [0.29, 0.717) is 17.1 Å². The van der Waals surface area contributed by atoms with Gasteiger partial charge in [-0.3, -0.25) is 4.79 Å². The Balaban J connectivity index is 1.61. The third-order valence-electron chi connectivity index (χ3n) is 5.36. The average Bonchev–Trinajstić information content (AvgIpc) is 3.18. The summed E-state index contributed by atoms with van der Waals surface area (Å²) in [6.45, 7) is 2.22. The van der Waals surface area contributed by atoms with Crippen LogP contribution in [0.3, 0.4) is 0 Å². The lowest BCUT2D eigenvalue weighted by atomic mass is 10.0. The van der Waals surface area contributed by atoms with Gasteiger partial charge in [-0.15, -0.1) is 0 Å². The number of carbonyl (C=O) groups is 2. The third-order valence-corrected chi connectivity index (χ3v) is 5.61. The highest BCUT2D eigenvalue weighted by molar-refractivity contribution is 6.30. The number of fused-ring (bicyclic) bond motifs is 1. The van der Waals surface area contributed by atoms with E-state index in [1.54, 1.807) is 19.1 Å². The number of aromatic carboxylic acids is 1. The Hall–Kier alpha value is -3.64. The van der Waals surface area contributed by atoms with Gasteiger partial charge in [-0.25, -0.2) is 9.18 Å². The van der Waals surface area contributed by atoms with Crippen molar-refractivity contribution in [3.8, 4) is 0 Å². The van der Waals surface area contributed by atoms with Crippen LogP contribution in [-0.4, -0.2) is 21.6 Å². The van der Waals surface area contributed by atoms with E-state index in [4.69, 9.17) is 16.7 Å². The molecule has 0 aliphatic carbocycles. The van der Waals surface area contributed by atoms with Crippen molar-refractivity contribution in [2.45, 2.75) is 19.5 Å². The van der Waals surface area contributed by atoms with Crippen LogP contribution in [-0.2, 0) is 6.54 Å². The first-order chi connectivity index (χ1) is 15.3. The van der Waals surface area contributed by atoms with Gasteiger partial charge in [0.1, 0.15) is 5.82 Å². The van der Waals surface area contributed by atoms with E-state index in [9.17, 15) is 14.0 Å². The molecule has 0 fully saturated rings. The molecule has 0 saturated carbocycles. The summed E-state index contributed by atoms with van der Waals surface area (Å²) in [6.07, 6.45) is 1.92. The zero-order chi connectivity index (χ0) is 22.8. The molecule has 1 aromatic heterocycles. The fourth-order valence-corrected chi connectivity index (χ4v) is 3.85. The molecule has 162 valence electrons. The molecular formula is C25H20ClFN2O3. The van der Waals surface area contributed by atoms with Crippen molar-refractivity contribution in [2.24, 2.45) is 0 Å². The third kappa shape index (κ3) is 4.36. The standard InChI is InChI=1S/C25H20ClFN2O3/c1-15(20-10-7-18(25(31)32)13-22(20)27)28-24(30)21-4-2-3-17-11-12-29(23(17)21)14-16-5-8-19(26)9-6-16/h2-13,15H,14H2,1H3,(H,28,30)(H,31,32)/t15-/m0/s1. The smallest absolute Gasteiger partial charge is 0.335 e. The molecule has 1 atom stereocenters. The zero-order valence-corrected chi connectivity index (χ0v) is 17.9. The highest BCUT2D eigenvalue weighted by Gasteiger charge is 2.19. The number of aromatic nitrogens is 1. The summed E-state index contributed by atoms with van der Waals surface area (Å²) in [5.74, 6) is -2.23. The maximum absolute atomic E-state index is 14.4. The summed E-state index contributed by atoms with van der Waals surface area (Å²) in [6, 6.07) is 17.9. The lowest BCUT2D eigenvalue weighted by Gasteiger charge is -2.17. The van der Waals surface area contributed by atoms with Gasteiger partial charge in [0.25, 0.3) is 5.91 Å². The summed E-state index contributed by atoms with van der Waals surface area (Å²) in [4.78, 5) is 24.1. The molecule has 4 aromatic rings. The molecular weight excluding hydrogens is 431 g/mol. The fraction of sp³-hybridized carbons (Fsp3) is 0.120. The van der Waals surface area contributed by atoms with Gasteiger partial charge in [0.2, 0.25) is 0 Å². The van der Waals surface area contributed by atoms with Crippen LogP contribution < -0.4 is 5.32 Å². The Morgan fingerprint density at radius 2 is 1.84 bits per heavy atom. The van der Waals surface area contributed by atoms with E-state index in [1.807, 2.05) is 47.2 Å². The topological polar surface area (TPSA) is 71.3 Å². The van der Waals surface area contributed by atoms with Crippen molar-refractivity contribution in [2.75, 3.05) is 0 Å². The first kappa shape index (κ1) is 21.6. The molecule has 0 unspecified atom stereocenters. The van der Waals surface area contributed by atoms with Gasteiger partial charge in [-0.05, 0) is 48.9 Å². The number of hydrogen-bond donors (Lipinski definition) is 2. The van der Waals surface area contributed by atoms with E-state index >= 15 is 0 Å². The first-order valence-electron chi connectivity index (χ1n) is 9.99. The van der Waals surface area contributed by atoms with Crippen molar-refractivity contribution in [1.29, 1.82) is 0 Å². The van der Waals surface area contributed by atoms with Gasteiger partial charge < -0.3 is 15.0 Å². The number of nitrogens with zero attached hydrogens (tertiary/aromatic N) is 1. The number of nitrogens with one attached hydrogen (secondary N) is 1. The molecule has 1 amide bonds. The Bertz CT molecular complexity index is 1310.